The molecule has 0 spiro atoms. The van der Waals surface area contributed by atoms with Gasteiger partial charge < -0.3 is 15.2 Å². The summed E-state index contributed by atoms with van der Waals surface area (Å²) in [4.78, 5) is 14.9. The minimum atomic E-state index is -0.744. The maximum absolute atomic E-state index is 10.8. The number of aromatic nitrogens is 1. The Morgan fingerprint density at radius 2 is 2.33 bits per heavy atom. The second-order valence-electron chi connectivity index (χ2n) is 2.74. The monoisotopic (exact) mass is 224 g/mol. The minimum Gasteiger partial charge on any atom is -0.437 e. The molecule has 0 atom stereocenters. The fourth-order valence-corrected chi connectivity index (χ4v) is 1.89. The lowest BCUT2D eigenvalue weighted by molar-refractivity contribution is 0.121. The van der Waals surface area contributed by atoms with Crippen LogP contribution in [0.1, 0.15) is 0 Å². The number of nitrogens with zero attached hydrogens (tertiary/aromatic N) is 1. The Kier molecular flexibility index (Phi) is 2.42. The Hall–Kier alpha value is -1.82. The number of fused-ring (bicyclic) bond motifs is 1. The molecule has 0 amide bonds. The maximum atomic E-state index is 10.8. The first-order chi connectivity index (χ1) is 7.19. The van der Waals surface area contributed by atoms with E-state index in [2.05, 4.69) is 9.72 Å². The largest absolute Gasteiger partial charge is 0.513 e. The number of carbonyl (C=O) groups excluding carboxylic acids is 1. The quantitative estimate of drug-likeness (QED) is 0.592. The van der Waals surface area contributed by atoms with Crippen molar-refractivity contribution in [3.05, 3.63) is 18.2 Å². The second-order valence-corrected chi connectivity index (χ2v) is 3.80. The maximum Gasteiger partial charge on any atom is 0.513 e. The van der Waals surface area contributed by atoms with Crippen molar-refractivity contribution < 1.29 is 14.3 Å². The number of benzene rings is 1. The van der Waals surface area contributed by atoms with E-state index in [1.807, 2.05) is 0 Å². The van der Waals surface area contributed by atoms with Gasteiger partial charge in [-0.25, -0.2) is 9.78 Å². The number of hydrogen-bond donors (Lipinski definition) is 1. The third kappa shape index (κ3) is 1.99. The summed E-state index contributed by atoms with van der Waals surface area (Å²) in [5.41, 5.74) is 6.33. The van der Waals surface area contributed by atoms with Crippen molar-refractivity contribution in [1.82, 2.24) is 4.98 Å². The van der Waals surface area contributed by atoms with Crippen LogP contribution >= 0.6 is 11.3 Å². The molecule has 1 aromatic heterocycles. The number of thiazole rings is 1. The van der Waals surface area contributed by atoms with E-state index >= 15 is 0 Å². The smallest absolute Gasteiger partial charge is 0.437 e. The molecule has 0 aliphatic heterocycles. The topological polar surface area (TPSA) is 74.4 Å². The predicted molar refractivity (Wildman–Crippen MR) is 57.1 cm³/mol. The van der Waals surface area contributed by atoms with Gasteiger partial charge >= 0.3 is 6.16 Å². The van der Waals surface area contributed by atoms with Crippen molar-refractivity contribution in [2.45, 2.75) is 0 Å². The van der Waals surface area contributed by atoms with Crippen LogP contribution < -0.4 is 10.5 Å². The normalized spacial score (nSPS) is 10.2. The molecule has 15 heavy (non-hydrogen) atoms. The van der Waals surface area contributed by atoms with Gasteiger partial charge in [0, 0.05) is 6.07 Å². The van der Waals surface area contributed by atoms with Crippen molar-refractivity contribution in [2.24, 2.45) is 0 Å². The highest BCUT2D eigenvalue weighted by molar-refractivity contribution is 7.22. The standard InChI is InChI=1S/C9H8N2O3S/c1-13-9(12)14-5-2-3-6-7(4-5)15-8(10)11-6/h2-4H,1H3,(H2,10,11). The van der Waals surface area contributed by atoms with Crippen molar-refractivity contribution in [3.63, 3.8) is 0 Å². The molecule has 0 unspecified atom stereocenters. The van der Waals surface area contributed by atoms with Crippen molar-refractivity contribution in [1.29, 1.82) is 0 Å². The number of carbonyl (C=O) groups is 1. The molecular weight excluding hydrogens is 216 g/mol. The summed E-state index contributed by atoms with van der Waals surface area (Å²) >= 11 is 1.34. The first-order valence-corrected chi connectivity index (χ1v) is 4.92. The van der Waals surface area contributed by atoms with Crippen LogP contribution in [-0.2, 0) is 4.74 Å². The molecule has 78 valence electrons. The lowest BCUT2D eigenvalue weighted by Crippen LogP contribution is -2.06. The van der Waals surface area contributed by atoms with E-state index in [9.17, 15) is 4.79 Å². The van der Waals surface area contributed by atoms with Crippen molar-refractivity contribution in [2.75, 3.05) is 12.8 Å². The molecule has 0 saturated heterocycles. The van der Waals surface area contributed by atoms with Gasteiger partial charge in [0.1, 0.15) is 5.75 Å². The number of hydrogen-bond acceptors (Lipinski definition) is 6. The van der Waals surface area contributed by atoms with Crippen LogP contribution in [0.5, 0.6) is 5.75 Å². The highest BCUT2D eigenvalue weighted by Crippen LogP contribution is 2.27. The van der Waals surface area contributed by atoms with Crippen LogP contribution in [0.25, 0.3) is 10.2 Å². The molecule has 1 aromatic carbocycles. The van der Waals surface area contributed by atoms with Crippen LogP contribution in [0, 0.1) is 0 Å². The van der Waals surface area contributed by atoms with E-state index in [-0.39, 0.29) is 0 Å². The van der Waals surface area contributed by atoms with Gasteiger partial charge in [-0.1, -0.05) is 11.3 Å². The summed E-state index contributed by atoms with van der Waals surface area (Å²) in [6.45, 7) is 0. The summed E-state index contributed by atoms with van der Waals surface area (Å²) in [6.07, 6.45) is -0.744. The van der Waals surface area contributed by atoms with Gasteiger partial charge in [0.2, 0.25) is 0 Å². The third-order valence-electron chi connectivity index (χ3n) is 1.74. The molecule has 1 heterocycles. The van der Waals surface area contributed by atoms with Crippen LogP contribution in [0.15, 0.2) is 18.2 Å². The van der Waals surface area contributed by atoms with Crippen LogP contribution in [0.2, 0.25) is 0 Å². The van der Waals surface area contributed by atoms with E-state index in [0.717, 1.165) is 10.2 Å². The Morgan fingerprint density at radius 3 is 3.07 bits per heavy atom. The average molecular weight is 224 g/mol. The summed E-state index contributed by atoms with van der Waals surface area (Å²) in [5.74, 6) is 0.415. The van der Waals surface area contributed by atoms with Gasteiger partial charge in [0.05, 0.1) is 17.3 Å². The minimum absolute atomic E-state index is 0.415. The number of nitrogen functional groups attached to an aromatic ring is 1. The lowest BCUT2D eigenvalue weighted by Gasteiger charge is -2.00. The second kappa shape index (κ2) is 3.74. The van der Waals surface area contributed by atoms with E-state index < -0.39 is 6.16 Å². The number of anilines is 1. The zero-order chi connectivity index (χ0) is 10.8. The molecule has 6 heteroatoms. The van der Waals surface area contributed by atoms with E-state index in [1.165, 1.54) is 18.4 Å². The molecule has 0 aliphatic carbocycles. The van der Waals surface area contributed by atoms with Gasteiger partial charge in [0.25, 0.3) is 0 Å². The molecule has 0 saturated carbocycles. The lowest BCUT2D eigenvalue weighted by atomic mass is 10.3. The van der Waals surface area contributed by atoms with Gasteiger partial charge in [-0.15, -0.1) is 0 Å². The molecule has 2 N–H and O–H groups in total. The fourth-order valence-electron chi connectivity index (χ4n) is 1.12. The van der Waals surface area contributed by atoms with Gasteiger partial charge in [-0.2, -0.15) is 0 Å². The summed E-state index contributed by atoms with van der Waals surface area (Å²) in [5, 5.41) is 0.486. The first-order valence-electron chi connectivity index (χ1n) is 4.11. The average Bonchev–Trinajstić information content (AvgIpc) is 2.57. The first kappa shape index (κ1) is 9.72. The van der Waals surface area contributed by atoms with Gasteiger partial charge in [0.15, 0.2) is 5.13 Å². The van der Waals surface area contributed by atoms with Crippen LogP contribution in [0.4, 0.5) is 9.93 Å². The molecule has 2 aromatic rings. The molecule has 5 nitrogen and oxygen atoms in total. The van der Waals surface area contributed by atoms with Crippen LogP contribution in [0.3, 0.4) is 0 Å². The predicted octanol–water partition coefficient (Wildman–Crippen LogP) is 2.02. The third-order valence-corrected chi connectivity index (χ3v) is 2.59. The Balaban J connectivity index is 2.33. The number of rotatable bonds is 1. The Labute approximate surface area is 89.4 Å². The summed E-state index contributed by atoms with van der Waals surface area (Å²) in [6, 6.07) is 5.07. The Morgan fingerprint density at radius 1 is 1.53 bits per heavy atom. The zero-order valence-corrected chi connectivity index (χ0v) is 8.71. The van der Waals surface area contributed by atoms with Gasteiger partial charge in [-0.05, 0) is 12.1 Å². The molecule has 0 radical (unpaired) electrons. The summed E-state index contributed by atoms with van der Waals surface area (Å²) in [7, 11) is 1.26. The highest BCUT2D eigenvalue weighted by atomic mass is 32.1. The molecule has 0 bridgehead atoms. The molecule has 0 aliphatic rings. The van der Waals surface area contributed by atoms with Gasteiger partial charge in [-0.3, -0.25) is 0 Å². The number of ether oxygens (including phenoxy) is 2. The number of methoxy groups -OCH3 is 1. The molecule has 2 rings (SSSR count). The van der Waals surface area contributed by atoms with E-state index in [1.54, 1.807) is 18.2 Å². The highest BCUT2D eigenvalue weighted by Gasteiger charge is 2.06. The van der Waals surface area contributed by atoms with E-state index in [0.29, 0.717) is 10.9 Å². The van der Waals surface area contributed by atoms with Crippen molar-refractivity contribution >= 4 is 32.8 Å². The Bertz CT molecular complexity index is 509. The SMILES string of the molecule is COC(=O)Oc1ccc2nc(N)sc2c1. The zero-order valence-electron chi connectivity index (χ0n) is 7.89. The van der Waals surface area contributed by atoms with Crippen LogP contribution in [-0.4, -0.2) is 18.2 Å². The fraction of sp³-hybridized carbons (Fsp3) is 0.111. The van der Waals surface area contributed by atoms with Crippen molar-refractivity contribution in [3.8, 4) is 5.75 Å². The number of nitrogens with two attached hydrogens (primary N) is 1. The van der Waals surface area contributed by atoms with E-state index in [4.69, 9.17) is 10.5 Å². The summed E-state index contributed by atoms with van der Waals surface area (Å²) < 4.78 is 10.1. The molecular formula is C9H8N2O3S. The molecule has 0 fully saturated rings.